The van der Waals surface area contributed by atoms with E-state index in [0.717, 1.165) is 24.3 Å². The molecule has 0 spiro atoms. The van der Waals surface area contributed by atoms with Gasteiger partial charge < -0.3 is 20.5 Å². The number of allylic oxidation sites excluding steroid dienone is 1. The van der Waals surface area contributed by atoms with Crippen molar-refractivity contribution in [1.29, 1.82) is 0 Å². The summed E-state index contributed by atoms with van der Waals surface area (Å²) in [4.78, 5) is 24.1. The van der Waals surface area contributed by atoms with E-state index in [-0.39, 0.29) is 23.0 Å². The summed E-state index contributed by atoms with van der Waals surface area (Å²) in [7, 11) is 0. The number of carboxylic acids is 1. The van der Waals surface area contributed by atoms with Crippen LogP contribution in [-0.2, 0) is 11.2 Å². The Bertz CT molecular complexity index is 964. The minimum atomic E-state index is -1.11. The van der Waals surface area contributed by atoms with E-state index in [0.29, 0.717) is 5.75 Å². The van der Waals surface area contributed by atoms with Crippen LogP contribution in [0.3, 0.4) is 0 Å². The predicted molar refractivity (Wildman–Crippen MR) is 120 cm³/mol. The highest BCUT2D eigenvalue weighted by atomic mass is 35.5. The molecule has 2 aromatic carbocycles. The van der Waals surface area contributed by atoms with Gasteiger partial charge in [0.2, 0.25) is 0 Å². The Hall–Kier alpha value is -2.99. The summed E-state index contributed by atoms with van der Waals surface area (Å²) in [5, 5.41) is 15.7. The van der Waals surface area contributed by atoms with Gasteiger partial charge in [-0.3, -0.25) is 4.79 Å². The molecule has 1 aliphatic rings. The van der Waals surface area contributed by atoms with Crippen LogP contribution >= 0.6 is 11.6 Å². The third-order valence-corrected chi connectivity index (χ3v) is 5.33. The molecular formula is C24H27ClN2O4. The van der Waals surface area contributed by atoms with Crippen molar-refractivity contribution in [2.24, 2.45) is 0 Å². The maximum Gasteiger partial charge on any atom is 0.326 e. The molecule has 1 fully saturated rings. The summed E-state index contributed by atoms with van der Waals surface area (Å²) < 4.78 is 6.04. The van der Waals surface area contributed by atoms with Crippen LogP contribution in [0.4, 0.5) is 0 Å². The summed E-state index contributed by atoms with van der Waals surface area (Å²) in [6.07, 6.45) is 3.40. The second kappa shape index (κ2) is 10.4. The van der Waals surface area contributed by atoms with Gasteiger partial charge in [-0.2, -0.15) is 0 Å². The molecule has 1 unspecified atom stereocenters. The van der Waals surface area contributed by atoms with Gasteiger partial charge in [0.15, 0.2) is 5.88 Å². The number of hydrogen-bond donors (Lipinski definition) is 3. The van der Waals surface area contributed by atoms with Gasteiger partial charge >= 0.3 is 5.97 Å². The molecule has 3 N–H and O–H groups in total. The van der Waals surface area contributed by atoms with Crippen molar-refractivity contribution in [3.05, 3.63) is 76.1 Å². The lowest BCUT2D eigenvalue weighted by Crippen LogP contribution is -2.42. The lowest BCUT2D eigenvalue weighted by Gasteiger charge is -2.24. The Kier molecular flexibility index (Phi) is 7.58. The van der Waals surface area contributed by atoms with Crippen LogP contribution in [0.1, 0.15) is 49.0 Å². The summed E-state index contributed by atoms with van der Waals surface area (Å²) in [5.41, 5.74) is 2.30. The van der Waals surface area contributed by atoms with Crippen molar-refractivity contribution >= 4 is 23.5 Å². The van der Waals surface area contributed by atoms with Crippen molar-refractivity contribution in [3.8, 4) is 5.75 Å². The molecule has 3 rings (SSSR count). The minimum absolute atomic E-state index is 0.143. The zero-order valence-electron chi connectivity index (χ0n) is 17.7. The second-order valence-corrected chi connectivity index (χ2v) is 8.29. The quantitative estimate of drug-likeness (QED) is 0.496. The Morgan fingerprint density at radius 3 is 2.29 bits per heavy atom. The fourth-order valence-corrected chi connectivity index (χ4v) is 3.40. The van der Waals surface area contributed by atoms with E-state index >= 15 is 0 Å². The van der Waals surface area contributed by atoms with E-state index in [4.69, 9.17) is 16.3 Å². The van der Waals surface area contributed by atoms with Crippen LogP contribution < -0.4 is 15.4 Å². The summed E-state index contributed by atoms with van der Waals surface area (Å²) in [6, 6.07) is 13.0. The fraction of sp³-hybridized carbons (Fsp3) is 0.333. The Morgan fingerprint density at radius 1 is 1.06 bits per heavy atom. The molecule has 6 nitrogen and oxygen atoms in total. The van der Waals surface area contributed by atoms with E-state index in [1.165, 1.54) is 12.0 Å². The average molecular weight is 443 g/mol. The standard InChI is InChI=1S/C24H27ClN2O4/c1-15(2)26-23(17-6-5-7-17)31-18-12-10-16(11-13-18)14-21(24(29)30)27-22(28)19-8-3-4-9-20(19)25/h3-4,8-13,15,21,26H,5-7,14H2,1-2H3,(H,27,28)(H,29,30). The number of halogens is 1. The summed E-state index contributed by atoms with van der Waals surface area (Å²) in [5.74, 6) is -0.143. The van der Waals surface area contributed by atoms with Crippen LogP contribution in [0.15, 0.2) is 60.0 Å². The molecule has 1 atom stereocenters. The highest BCUT2D eigenvalue weighted by Gasteiger charge is 2.22. The van der Waals surface area contributed by atoms with Gasteiger partial charge in [0.05, 0.1) is 10.6 Å². The number of rotatable bonds is 9. The fourth-order valence-electron chi connectivity index (χ4n) is 3.18. The second-order valence-electron chi connectivity index (χ2n) is 7.88. The van der Waals surface area contributed by atoms with Gasteiger partial charge in [0.1, 0.15) is 11.8 Å². The van der Waals surface area contributed by atoms with Crippen LogP contribution in [-0.4, -0.2) is 29.1 Å². The molecule has 1 aliphatic carbocycles. The van der Waals surface area contributed by atoms with Gasteiger partial charge in [-0.15, -0.1) is 0 Å². The van der Waals surface area contributed by atoms with Crippen molar-refractivity contribution in [3.63, 3.8) is 0 Å². The number of amides is 1. The SMILES string of the molecule is CC(C)NC(Oc1ccc(CC(NC(=O)c2ccccc2Cl)C(=O)O)cc1)=C1CCC1. The first kappa shape index (κ1) is 22.7. The van der Waals surface area contributed by atoms with Gasteiger partial charge in [-0.25, -0.2) is 4.79 Å². The van der Waals surface area contributed by atoms with E-state index < -0.39 is 17.9 Å². The molecular weight excluding hydrogens is 416 g/mol. The lowest BCUT2D eigenvalue weighted by molar-refractivity contribution is -0.139. The first-order chi connectivity index (χ1) is 14.8. The van der Waals surface area contributed by atoms with E-state index in [9.17, 15) is 14.7 Å². The van der Waals surface area contributed by atoms with Gasteiger partial charge in [0.25, 0.3) is 5.91 Å². The van der Waals surface area contributed by atoms with E-state index in [1.54, 1.807) is 24.3 Å². The summed E-state index contributed by atoms with van der Waals surface area (Å²) in [6.45, 7) is 4.13. The maximum atomic E-state index is 12.4. The topological polar surface area (TPSA) is 87.7 Å². The number of benzene rings is 2. The third kappa shape index (κ3) is 6.25. The molecule has 0 aromatic heterocycles. The van der Waals surface area contributed by atoms with Crippen LogP contribution in [0.25, 0.3) is 0 Å². The van der Waals surface area contributed by atoms with E-state index in [1.807, 2.05) is 24.3 Å². The molecule has 164 valence electrons. The molecule has 1 saturated carbocycles. The molecule has 7 heteroatoms. The Balaban J connectivity index is 1.66. The number of carbonyl (C=O) groups is 2. The first-order valence-corrected chi connectivity index (χ1v) is 10.7. The molecule has 0 aliphatic heterocycles. The molecule has 0 heterocycles. The number of carboxylic acid groups (broad SMARTS) is 1. The molecule has 2 aromatic rings. The Labute approximate surface area is 187 Å². The predicted octanol–water partition coefficient (Wildman–Crippen LogP) is 4.54. The summed E-state index contributed by atoms with van der Waals surface area (Å²) >= 11 is 6.04. The molecule has 0 saturated heterocycles. The Morgan fingerprint density at radius 2 is 1.74 bits per heavy atom. The van der Waals surface area contributed by atoms with E-state index in [2.05, 4.69) is 24.5 Å². The lowest BCUT2D eigenvalue weighted by atomic mass is 9.92. The average Bonchev–Trinajstić information content (AvgIpc) is 2.67. The molecule has 0 radical (unpaired) electrons. The smallest absolute Gasteiger partial charge is 0.326 e. The minimum Gasteiger partial charge on any atom is -0.480 e. The van der Waals surface area contributed by atoms with Crippen LogP contribution in [0, 0.1) is 0 Å². The third-order valence-electron chi connectivity index (χ3n) is 5.00. The largest absolute Gasteiger partial charge is 0.480 e. The van der Waals surface area contributed by atoms with Gasteiger partial charge in [-0.05, 0) is 68.5 Å². The zero-order chi connectivity index (χ0) is 22.4. The number of ether oxygens (including phenoxy) is 1. The number of aliphatic carboxylic acids is 1. The molecule has 31 heavy (non-hydrogen) atoms. The van der Waals surface area contributed by atoms with Crippen molar-refractivity contribution in [2.45, 2.75) is 51.6 Å². The van der Waals surface area contributed by atoms with Gasteiger partial charge in [0, 0.05) is 12.5 Å². The monoisotopic (exact) mass is 442 g/mol. The van der Waals surface area contributed by atoms with Gasteiger partial charge in [-0.1, -0.05) is 35.9 Å². The van der Waals surface area contributed by atoms with Crippen LogP contribution in [0.5, 0.6) is 5.75 Å². The maximum absolute atomic E-state index is 12.4. The van der Waals surface area contributed by atoms with Crippen molar-refractivity contribution in [2.75, 3.05) is 0 Å². The highest BCUT2D eigenvalue weighted by molar-refractivity contribution is 6.33. The number of nitrogens with one attached hydrogen (secondary N) is 2. The zero-order valence-corrected chi connectivity index (χ0v) is 18.4. The number of carbonyl (C=O) groups excluding carboxylic acids is 1. The van der Waals surface area contributed by atoms with Crippen molar-refractivity contribution < 1.29 is 19.4 Å². The number of hydrogen-bond acceptors (Lipinski definition) is 4. The molecule has 0 bridgehead atoms. The van der Waals surface area contributed by atoms with Crippen molar-refractivity contribution in [1.82, 2.24) is 10.6 Å². The molecule has 1 amide bonds. The van der Waals surface area contributed by atoms with Crippen LogP contribution in [0.2, 0.25) is 5.02 Å². The highest BCUT2D eigenvalue weighted by Crippen LogP contribution is 2.29. The first-order valence-electron chi connectivity index (χ1n) is 10.4. The normalized spacial score (nSPS) is 13.9.